The first-order valence-corrected chi connectivity index (χ1v) is 9.12. The van der Waals surface area contributed by atoms with Crippen molar-refractivity contribution in [1.29, 1.82) is 0 Å². The van der Waals surface area contributed by atoms with Crippen LogP contribution in [0.2, 0.25) is 0 Å². The van der Waals surface area contributed by atoms with Gasteiger partial charge < -0.3 is 19.1 Å². The Bertz CT molecular complexity index is 851. The first-order valence-electron chi connectivity index (χ1n) is 6.78. The second-order valence-electron chi connectivity index (χ2n) is 4.85. The number of nitrogens with two attached hydrogens (primary N) is 1. The quantitative estimate of drug-likeness (QED) is 0.678. The largest absolute Gasteiger partial charge is 0.466 e. The summed E-state index contributed by atoms with van der Waals surface area (Å²) in [5.41, 5.74) is -0.236. The SMILES string of the molecule is COC(=O)C1=C(C(=O)OC)N(c2c(Br)cccc2S(N)(=O)=O)COC1. The maximum atomic E-state index is 12.3. The van der Waals surface area contributed by atoms with Crippen LogP contribution in [-0.4, -0.2) is 47.9 Å². The normalized spacial score (nSPS) is 15.1. The zero-order chi connectivity index (χ0) is 18.8. The van der Waals surface area contributed by atoms with Gasteiger partial charge in [0.2, 0.25) is 10.0 Å². The molecule has 0 spiro atoms. The van der Waals surface area contributed by atoms with E-state index in [1.807, 2.05) is 0 Å². The van der Waals surface area contributed by atoms with Crippen LogP contribution < -0.4 is 10.0 Å². The van der Waals surface area contributed by atoms with Crippen molar-refractivity contribution in [3.8, 4) is 0 Å². The molecule has 1 aromatic carbocycles. The van der Waals surface area contributed by atoms with Crippen molar-refractivity contribution in [3.05, 3.63) is 33.9 Å². The molecule has 0 aromatic heterocycles. The van der Waals surface area contributed by atoms with E-state index in [1.165, 1.54) is 17.0 Å². The van der Waals surface area contributed by atoms with Gasteiger partial charge in [0.25, 0.3) is 0 Å². The molecular formula is C14H15BrN2O7S. The molecule has 11 heteroatoms. The van der Waals surface area contributed by atoms with E-state index < -0.39 is 22.0 Å². The predicted octanol–water partition coefficient (Wildman–Crippen LogP) is 0.491. The number of hydrogen-bond donors (Lipinski definition) is 1. The highest BCUT2D eigenvalue weighted by molar-refractivity contribution is 9.10. The summed E-state index contributed by atoms with van der Waals surface area (Å²) in [7, 11) is -1.83. The molecule has 0 saturated heterocycles. The summed E-state index contributed by atoms with van der Waals surface area (Å²) in [5.74, 6) is -1.64. The molecule has 9 nitrogen and oxygen atoms in total. The molecule has 25 heavy (non-hydrogen) atoms. The lowest BCUT2D eigenvalue weighted by molar-refractivity contribution is -0.140. The highest BCUT2D eigenvalue weighted by Crippen LogP contribution is 2.37. The molecule has 0 radical (unpaired) electrons. The molecule has 0 amide bonds. The molecule has 0 unspecified atom stereocenters. The van der Waals surface area contributed by atoms with Crippen LogP contribution in [0.4, 0.5) is 5.69 Å². The van der Waals surface area contributed by atoms with E-state index in [0.717, 1.165) is 14.2 Å². The molecule has 136 valence electrons. The van der Waals surface area contributed by atoms with E-state index in [4.69, 9.17) is 14.6 Å². The van der Waals surface area contributed by atoms with Gasteiger partial charge >= 0.3 is 11.9 Å². The van der Waals surface area contributed by atoms with Crippen LogP contribution in [0.5, 0.6) is 0 Å². The lowest BCUT2D eigenvalue weighted by atomic mass is 10.1. The van der Waals surface area contributed by atoms with Gasteiger partial charge in [0.05, 0.1) is 32.1 Å². The van der Waals surface area contributed by atoms with Gasteiger partial charge in [-0.2, -0.15) is 0 Å². The van der Waals surface area contributed by atoms with Crippen molar-refractivity contribution in [3.63, 3.8) is 0 Å². The zero-order valence-corrected chi connectivity index (χ0v) is 15.7. The summed E-state index contributed by atoms with van der Waals surface area (Å²) < 4.78 is 38.9. The Morgan fingerprint density at radius 1 is 1.24 bits per heavy atom. The van der Waals surface area contributed by atoms with E-state index in [-0.39, 0.29) is 35.2 Å². The fraction of sp³-hybridized carbons (Fsp3) is 0.286. The molecule has 1 aliphatic heterocycles. The number of esters is 2. The topological polar surface area (TPSA) is 125 Å². The summed E-state index contributed by atoms with van der Waals surface area (Å²) in [6.45, 7) is -0.390. The third-order valence-corrected chi connectivity index (χ3v) is 4.94. The molecular weight excluding hydrogens is 420 g/mol. The number of carbonyl (C=O) groups is 2. The lowest BCUT2D eigenvalue weighted by Gasteiger charge is -2.32. The minimum absolute atomic E-state index is 0.0477. The summed E-state index contributed by atoms with van der Waals surface area (Å²) in [4.78, 5) is 25.2. The van der Waals surface area contributed by atoms with Gasteiger partial charge in [0.1, 0.15) is 17.3 Å². The smallest absolute Gasteiger partial charge is 0.355 e. The van der Waals surface area contributed by atoms with Crippen LogP contribution >= 0.6 is 15.9 Å². The highest BCUT2D eigenvalue weighted by Gasteiger charge is 2.35. The Labute approximate surface area is 152 Å². The number of primary sulfonamides is 1. The summed E-state index contributed by atoms with van der Waals surface area (Å²) >= 11 is 3.24. The fourth-order valence-corrected chi connectivity index (χ4v) is 3.78. The molecule has 0 aliphatic carbocycles. The Morgan fingerprint density at radius 3 is 2.44 bits per heavy atom. The first-order chi connectivity index (χ1) is 11.7. The molecule has 1 aliphatic rings. The fourth-order valence-electron chi connectivity index (χ4n) is 2.31. The average molecular weight is 435 g/mol. The third-order valence-electron chi connectivity index (χ3n) is 3.36. The van der Waals surface area contributed by atoms with Gasteiger partial charge in [0, 0.05) is 4.47 Å². The number of halogens is 1. The van der Waals surface area contributed by atoms with Crippen molar-refractivity contribution in [2.24, 2.45) is 5.14 Å². The van der Waals surface area contributed by atoms with E-state index >= 15 is 0 Å². The maximum Gasteiger partial charge on any atom is 0.355 e. The molecule has 1 heterocycles. The van der Waals surface area contributed by atoms with Crippen LogP contribution in [-0.2, 0) is 33.8 Å². The number of hydrogen-bond acceptors (Lipinski definition) is 8. The van der Waals surface area contributed by atoms with Gasteiger partial charge in [-0.3, -0.25) is 0 Å². The van der Waals surface area contributed by atoms with Crippen LogP contribution in [0, 0.1) is 0 Å². The summed E-state index contributed by atoms with van der Waals surface area (Å²) in [6.07, 6.45) is 0. The van der Waals surface area contributed by atoms with Crippen molar-refractivity contribution in [2.45, 2.75) is 4.90 Å². The Kier molecular flexibility index (Phi) is 5.83. The molecule has 0 saturated carbocycles. The number of rotatable bonds is 4. The van der Waals surface area contributed by atoms with Crippen LogP contribution in [0.1, 0.15) is 0 Å². The third kappa shape index (κ3) is 3.84. The first kappa shape index (κ1) is 19.4. The van der Waals surface area contributed by atoms with Crippen LogP contribution in [0.25, 0.3) is 0 Å². The summed E-state index contributed by atoms with van der Waals surface area (Å²) in [6, 6.07) is 4.31. The number of methoxy groups -OCH3 is 2. The lowest BCUT2D eigenvalue weighted by Crippen LogP contribution is -2.39. The number of benzene rings is 1. The molecule has 2 rings (SSSR count). The number of anilines is 1. The molecule has 1 aromatic rings. The second kappa shape index (κ2) is 7.52. The number of sulfonamides is 1. The standard InChI is InChI=1S/C14H15BrN2O7S/c1-22-13(18)8-6-24-7-17(11(8)14(19)23-2)12-9(15)4-3-5-10(12)25(16,20)21/h3-5H,6-7H2,1-2H3,(H2,16,20,21). The molecule has 0 fully saturated rings. The van der Waals surface area contributed by atoms with Crippen molar-refractivity contribution >= 4 is 43.6 Å². The number of nitrogens with zero attached hydrogens (tertiary/aromatic N) is 1. The monoisotopic (exact) mass is 434 g/mol. The van der Waals surface area contributed by atoms with Gasteiger partial charge in [-0.15, -0.1) is 0 Å². The van der Waals surface area contributed by atoms with E-state index in [1.54, 1.807) is 6.07 Å². The average Bonchev–Trinajstić information content (AvgIpc) is 2.58. The second-order valence-corrected chi connectivity index (χ2v) is 7.23. The van der Waals surface area contributed by atoms with Gasteiger partial charge in [-0.1, -0.05) is 6.07 Å². The molecule has 0 bridgehead atoms. The van der Waals surface area contributed by atoms with E-state index in [2.05, 4.69) is 20.7 Å². The minimum atomic E-state index is -4.12. The number of para-hydroxylation sites is 1. The van der Waals surface area contributed by atoms with Gasteiger partial charge in [-0.25, -0.2) is 23.1 Å². The van der Waals surface area contributed by atoms with Crippen molar-refractivity contribution in [2.75, 3.05) is 32.5 Å². The van der Waals surface area contributed by atoms with Crippen molar-refractivity contribution in [1.82, 2.24) is 0 Å². The van der Waals surface area contributed by atoms with Crippen LogP contribution in [0.15, 0.2) is 38.8 Å². The Morgan fingerprint density at radius 2 is 1.88 bits per heavy atom. The van der Waals surface area contributed by atoms with Crippen LogP contribution in [0.3, 0.4) is 0 Å². The number of ether oxygens (including phenoxy) is 3. The van der Waals surface area contributed by atoms with Crippen molar-refractivity contribution < 1.29 is 32.2 Å². The predicted molar refractivity (Wildman–Crippen MR) is 89.9 cm³/mol. The maximum absolute atomic E-state index is 12.3. The van der Waals surface area contributed by atoms with E-state index in [0.29, 0.717) is 4.47 Å². The highest BCUT2D eigenvalue weighted by atomic mass is 79.9. The van der Waals surface area contributed by atoms with Gasteiger partial charge in [-0.05, 0) is 28.1 Å². The van der Waals surface area contributed by atoms with Gasteiger partial charge in [0.15, 0.2) is 0 Å². The molecule has 2 N–H and O–H groups in total. The molecule has 0 atom stereocenters. The summed E-state index contributed by atoms with van der Waals surface area (Å²) in [5, 5.41) is 5.27. The minimum Gasteiger partial charge on any atom is -0.466 e. The number of carbonyl (C=O) groups excluding carboxylic acids is 2. The Balaban J connectivity index is 2.77. The van der Waals surface area contributed by atoms with E-state index in [9.17, 15) is 18.0 Å². The Hall–Kier alpha value is -1.95. The zero-order valence-electron chi connectivity index (χ0n) is 13.3.